The van der Waals surface area contributed by atoms with E-state index in [1.165, 1.54) is 0 Å². The molecular weight excluding hydrogens is 318 g/mol. The van der Waals surface area contributed by atoms with E-state index in [2.05, 4.69) is 0 Å². The molecule has 1 aromatic rings. The van der Waals surface area contributed by atoms with Gasteiger partial charge in [-0.15, -0.1) is 0 Å². The molecule has 2 rings (SSSR count). The van der Waals surface area contributed by atoms with E-state index in [1.807, 2.05) is 4.90 Å². The highest BCUT2D eigenvalue weighted by molar-refractivity contribution is 6.31. The fourth-order valence-electron chi connectivity index (χ4n) is 3.07. The highest BCUT2D eigenvalue weighted by atomic mass is 35.5. The first kappa shape index (κ1) is 17.6. The summed E-state index contributed by atoms with van der Waals surface area (Å²) < 4.78 is 5.29. The second-order valence-corrected chi connectivity index (χ2v) is 6.17. The van der Waals surface area contributed by atoms with Crippen molar-refractivity contribution in [1.29, 1.82) is 0 Å². The molecule has 1 aliphatic heterocycles. The number of benzene rings is 1. The van der Waals surface area contributed by atoms with E-state index in [9.17, 15) is 9.59 Å². The standard InChI is InChI=1S/C17H22ClNO4/c1-23-15-7-4-6-14(18)13(15)11-16(20)19-10-3-2-5-12(19)8-9-17(21)22/h4,6-7,12H,2-3,5,8-11H2,1H3,(H,21,22). The molecule has 0 radical (unpaired) electrons. The van der Waals surface area contributed by atoms with Gasteiger partial charge in [0.2, 0.25) is 5.91 Å². The SMILES string of the molecule is COc1cccc(Cl)c1CC(=O)N1CCCCC1CCC(=O)O. The van der Waals surface area contributed by atoms with Crippen molar-refractivity contribution in [2.24, 2.45) is 0 Å². The predicted octanol–water partition coefficient (Wildman–Crippen LogP) is 3.14. The van der Waals surface area contributed by atoms with Crippen molar-refractivity contribution in [2.45, 2.75) is 44.6 Å². The topological polar surface area (TPSA) is 66.8 Å². The number of ether oxygens (including phenoxy) is 1. The van der Waals surface area contributed by atoms with Crippen LogP contribution in [0.2, 0.25) is 5.02 Å². The van der Waals surface area contributed by atoms with Crippen LogP contribution >= 0.6 is 11.6 Å². The molecule has 0 bridgehead atoms. The Labute approximate surface area is 141 Å². The Kier molecular flexibility index (Phi) is 6.28. The van der Waals surface area contributed by atoms with Gasteiger partial charge in [-0.05, 0) is 37.8 Å². The van der Waals surface area contributed by atoms with Gasteiger partial charge in [-0.25, -0.2) is 0 Å². The minimum absolute atomic E-state index is 0.000771. The highest BCUT2D eigenvalue weighted by Crippen LogP contribution is 2.29. The average molecular weight is 340 g/mol. The Bertz CT molecular complexity index is 576. The van der Waals surface area contributed by atoms with Gasteiger partial charge in [0, 0.05) is 29.6 Å². The van der Waals surface area contributed by atoms with Crippen LogP contribution in [0.4, 0.5) is 0 Å². The molecule has 23 heavy (non-hydrogen) atoms. The van der Waals surface area contributed by atoms with Gasteiger partial charge in [0.05, 0.1) is 13.5 Å². The monoisotopic (exact) mass is 339 g/mol. The molecule has 1 N–H and O–H groups in total. The zero-order chi connectivity index (χ0) is 16.8. The van der Waals surface area contributed by atoms with Gasteiger partial charge >= 0.3 is 5.97 Å². The molecule has 1 aliphatic rings. The summed E-state index contributed by atoms with van der Waals surface area (Å²) in [5.74, 6) is -0.243. The number of halogens is 1. The number of aliphatic carboxylic acids is 1. The number of carbonyl (C=O) groups is 2. The first-order chi connectivity index (χ1) is 11.0. The van der Waals surface area contributed by atoms with Crippen LogP contribution in [0.25, 0.3) is 0 Å². The van der Waals surface area contributed by atoms with Crippen LogP contribution in [-0.2, 0) is 16.0 Å². The third-order valence-electron chi connectivity index (χ3n) is 4.26. The van der Waals surface area contributed by atoms with E-state index in [0.29, 0.717) is 29.3 Å². The van der Waals surface area contributed by atoms with E-state index < -0.39 is 5.97 Å². The van der Waals surface area contributed by atoms with Gasteiger partial charge in [0.25, 0.3) is 0 Å². The summed E-state index contributed by atoms with van der Waals surface area (Å²) in [5, 5.41) is 9.38. The number of amides is 1. The molecule has 0 saturated carbocycles. The van der Waals surface area contributed by atoms with Crippen LogP contribution in [0.15, 0.2) is 18.2 Å². The number of nitrogens with zero attached hydrogens (tertiary/aromatic N) is 1. The molecule has 1 heterocycles. The summed E-state index contributed by atoms with van der Waals surface area (Å²) in [7, 11) is 1.55. The first-order valence-electron chi connectivity index (χ1n) is 7.85. The van der Waals surface area contributed by atoms with Crippen LogP contribution in [0.5, 0.6) is 5.75 Å². The zero-order valence-corrected chi connectivity index (χ0v) is 14.0. The summed E-state index contributed by atoms with van der Waals surface area (Å²) in [5.41, 5.74) is 0.684. The lowest BCUT2D eigenvalue weighted by atomic mass is 9.97. The maximum Gasteiger partial charge on any atom is 0.303 e. The maximum absolute atomic E-state index is 12.7. The number of hydrogen-bond donors (Lipinski definition) is 1. The third-order valence-corrected chi connectivity index (χ3v) is 4.62. The molecule has 1 unspecified atom stereocenters. The molecule has 0 spiro atoms. The summed E-state index contributed by atoms with van der Waals surface area (Å²) >= 11 is 6.20. The normalized spacial score (nSPS) is 17.8. The first-order valence-corrected chi connectivity index (χ1v) is 8.23. The number of hydrogen-bond acceptors (Lipinski definition) is 3. The number of carbonyl (C=O) groups excluding carboxylic acids is 1. The van der Waals surface area contributed by atoms with Crippen LogP contribution in [0, 0.1) is 0 Å². The van der Waals surface area contributed by atoms with Crippen molar-refractivity contribution in [3.05, 3.63) is 28.8 Å². The minimum atomic E-state index is -0.823. The van der Waals surface area contributed by atoms with Gasteiger partial charge in [-0.1, -0.05) is 17.7 Å². The number of likely N-dealkylation sites (tertiary alicyclic amines) is 1. The number of piperidine rings is 1. The van der Waals surface area contributed by atoms with Gasteiger partial charge in [0.15, 0.2) is 0 Å². The van der Waals surface area contributed by atoms with Crippen LogP contribution in [0.3, 0.4) is 0 Å². The lowest BCUT2D eigenvalue weighted by Gasteiger charge is -2.36. The summed E-state index contributed by atoms with van der Waals surface area (Å²) in [4.78, 5) is 25.3. The molecular formula is C17H22ClNO4. The zero-order valence-electron chi connectivity index (χ0n) is 13.3. The summed E-state index contributed by atoms with van der Waals surface area (Å²) in [6.45, 7) is 0.676. The molecule has 0 aliphatic carbocycles. The molecule has 1 fully saturated rings. The lowest BCUT2D eigenvalue weighted by Crippen LogP contribution is -2.44. The molecule has 5 nitrogen and oxygen atoms in total. The summed E-state index contributed by atoms with van der Waals surface area (Å²) in [6.07, 6.45) is 3.61. The second kappa shape index (κ2) is 8.20. The molecule has 1 atom stereocenters. The smallest absolute Gasteiger partial charge is 0.303 e. The molecule has 6 heteroatoms. The van der Waals surface area contributed by atoms with Crippen molar-refractivity contribution >= 4 is 23.5 Å². The van der Waals surface area contributed by atoms with Crippen LogP contribution in [0.1, 0.15) is 37.7 Å². The van der Waals surface area contributed by atoms with Crippen molar-refractivity contribution in [3.8, 4) is 5.75 Å². The number of rotatable bonds is 6. The van der Waals surface area contributed by atoms with Crippen LogP contribution < -0.4 is 4.74 Å². The molecule has 1 saturated heterocycles. The van der Waals surface area contributed by atoms with E-state index in [4.69, 9.17) is 21.4 Å². The average Bonchev–Trinajstić information content (AvgIpc) is 2.55. The van der Waals surface area contributed by atoms with Gasteiger partial charge < -0.3 is 14.7 Å². The van der Waals surface area contributed by atoms with Crippen molar-refractivity contribution in [3.63, 3.8) is 0 Å². The van der Waals surface area contributed by atoms with Crippen LogP contribution in [-0.4, -0.2) is 41.6 Å². The maximum atomic E-state index is 12.7. The molecule has 126 valence electrons. The van der Waals surface area contributed by atoms with E-state index in [1.54, 1.807) is 25.3 Å². The second-order valence-electron chi connectivity index (χ2n) is 5.77. The molecule has 1 aromatic carbocycles. The van der Waals surface area contributed by atoms with Gasteiger partial charge in [-0.3, -0.25) is 9.59 Å². The Morgan fingerprint density at radius 3 is 2.87 bits per heavy atom. The predicted molar refractivity (Wildman–Crippen MR) is 87.9 cm³/mol. The van der Waals surface area contributed by atoms with Crippen molar-refractivity contribution < 1.29 is 19.4 Å². The number of carboxylic acid groups (broad SMARTS) is 1. The lowest BCUT2D eigenvalue weighted by molar-refractivity contribution is -0.139. The number of carboxylic acids is 1. The largest absolute Gasteiger partial charge is 0.496 e. The quantitative estimate of drug-likeness (QED) is 0.864. The fraction of sp³-hybridized carbons (Fsp3) is 0.529. The number of methoxy groups -OCH3 is 1. The van der Waals surface area contributed by atoms with Crippen molar-refractivity contribution in [2.75, 3.05) is 13.7 Å². The minimum Gasteiger partial charge on any atom is -0.496 e. The van der Waals surface area contributed by atoms with E-state index in [0.717, 1.165) is 19.3 Å². The Hall–Kier alpha value is -1.75. The molecule has 0 aromatic heterocycles. The Morgan fingerprint density at radius 2 is 2.17 bits per heavy atom. The fourth-order valence-corrected chi connectivity index (χ4v) is 3.31. The van der Waals surface area contributed by atoms with Gasteiger partial charge in [-0.2, -0.15) is 0 Å². The third kappa shape index (κ3) is 4.61. The van der Waals surface area contributed by atoms with E-state index in [-0.39, 0.29) is 24.8 Å². The van der Waals surface area contributed by atoms with Gasteiger partial charge in [0.1, 0.15) is 5.75 Å². The summed E-state index contributed by atoms with van der Waals surface area (Å²) in [6, 6.07) is 5.31. The highest BCUT2D eigenvalue weighted by Gasteiger charge is 2.28. The van der Waals surface area contributed by atoms with E-state index >= 15 is 0 Å². The Balaban J connectivity index is 2.10. The Morgan fingerprint density at radius 1 is 1.39 bits per heavy atom. The van der Waals surface area contributed by atoms with Crippen molar-refractivity contribution in [1.82, 2.24) is 4.90 Å². The molecule has 1 amide bonds.